The molecule has 0 unspecified atom stereocenters. The second-order valence-corrected chi connectivity index (χ2v) is 9.65. The van der Waals surface area contributed by atoms with Crippen molar-refractivity contribution in [3.8, 4) is 5.69 Å². The number of pyridine rings is 2. The average Bonchev–Trinajstić information content (AvgIpc) is 3.27. The number of sulfone groups is 1. The number of nitrogens with one attached hydrogen (secondary N) is 1. The minimum absolute atomic E-state index is 0.0112. The van der Waals surface area contributed by atoms with E-state index in [1.807, 2.05) is 6.92 Å². The highest BCUT2D eigenvalue weighted by molar-refractivity contribution is 7.91. The second-order valence-electron chi connectivity index (χ2n) is 7.42. The monoisotopic (exact) mass is 467 g/mol. The average molecular weight is 468 g/mol. The predicted octanol–water partition coefficient (Wildman–Crippen LogP) is 3.63. The number of hydrogen-bond acceptors (Lipinski definition) is 6. The maximum absolute atomic E-state index is 13.3. The van der Waals surface area contributed by atoms with E-state index in [0.717, 1.165) is 0 Å². The van der Waals surface area contributed by atoms with Gasteiger partial charge in [-0.2, -0.15) is 5.10 Å². The van der Waals surface area contributed by atoms with Crippen molar-refractivity contribution in [1.29, 1.82) is 0 Å². The topological polar surface area (TPSA) is 107 Å². The van der Waals surface area contributed by atoms with Crippen LogP contribution >= 0.6 is 0 Å². The Morgan fingerprint density at radius 2 is 1.82 bits per heavy atom. The Morgan fingerprint density at radius 3 is 2.45 bits per heavy atom. The van der Waals surface area contributed by atoms with Gasteiger partial charge in [-0.25, -0.2) is 22.5 Å². The third kappa shape index (κ3) is 4.47. The van der Waals surface area contributed by atoms with E-state index in [4.69, 9.17) is 0 Å². The van der Waals surface area contributed by atoms with E-state index in [1.54, 1.807) is 42.2 Å². The molecule has 0 aliphatic carbocycles. The second kappa shape index (κ2) is 9.07. The molecule has 0 bridgehead atoms. The van der Waals surface area contributed by atoms with E-state index in [9.17, 15) is 17.6 Å². The SMILES string of the molecule is CC[C@H](NC(=O)c1cncc2c1cnn2-c1ccc(F)cc1)c1ccc(S(=O)(=O)CC)nc1. The molecule has 3 aromatic heterocycles. The molecule has 1 atom stereocenters. The normalized spacial score (nSPS) is 12.6. The van der Waals surface area contributed by atoms with Crippen molar-refractivity contribution >= 4 is 26.6 Å². The van der Waals surface area contributed by atoms with Crippen LogP contribution in [0.15, 0.2) is 66.2 Å². The van der Waals surface area contributed by atoms with Crippen molar-refractivity contribution in [2.45, 2.75) is 31.3 Å². The Kier molecular flexibility index (Phi) is 6.19. The van der Waals surface area contributed by atoms with Crippen LogP contribution in [0.5, 0.6) is 0 Å². The summed E-state index contributed by atoms with van der Waals surface area (Å²) in [5.74, 6) is -0.728. The highest BCUT2D eigenvalue weighted by Gasteiger charge is 2.20. The molecule has 0 spiro atoms. The van der Waals surface area contributed by atoms with E-state index in [2.05, 4.69) is 20.4 Å². The minimum atomic E-state index is -3.40. The Morgan fingerprint density at radius 1 is 1.06 bits per heavy atom. The van der Waals surface area contributed by atoms with Gasteiger partial charge in [-0.3, -0.25) is 9.78 Å². The van der Waals surface area contributed by atoms with Crippen molar-refractivity contribution in [2.75, 3.05) is 5.75 Å². The molecule has 8 nitrogen and oxygen atoms in total. The fourth-order valence-corrected chi connectivity index (χ4v) is 4.28. The lowest BCUT2D eigenvalue weighted by Gasteiger charge is -2.17. The first-order valence-corrected chi connectivity index (χ1v) is 12.1. The number of carbonyl (C=O) groups is 1. The summed E-state index contributed by atoms with van der Waals surface area (Å²) in [7, 11) is -3.40. The quantitative estimate of drug-likeness (QED) is 0.445. The van der Waals surface area contributed by atoms with Crippen LogP contribution in [0.25, 0.3) is 16.6 Å². The molecule has 3 heterocycles. The van der Waals surface area contributed by atoms with Crippen molar-refractivity contribution in [2.24, 2.45) is 0 Å². The molecule has 1 aromatic carbocycles. The number of nitrogens with zero attached hydrogens (tertiary/aromatic N) is 4. The van der Waals surface area contributed by atoms with Crippen molar-refractivity contribution in [3.05, 3.63) is 78.1 Å². The number of hydrogen-bond donors (Lipinski definition) is 1. The van der Waals surface area contributed by atoms with Gasteiger partial charge in [0.1, 0.15) is 5.82 Å². The molecule has 0 aliphatic rings. The number of aromatic nitrogens is 4. The predicted molar refractivity (Wildman–Crippen MR) is 121 cm³/mol. The molecule has 0 fully saturated rings. The fourth-order valence-electron chi connectivity index (χ4n) is 3.50. The lowest BCUT2D eigenvalue weighted by Crippen LogP contribution is -2.28. The van der Waals surface area contributed by atoms with Gasteiger partial charge < -0.3 is 5.32 Å². The Balaban J connectivity index is 1.61. The number of amides is 1. The Bertz CT molecular complexity index is 1400. The third-order valence-corrected chi connectivity index (χ3v) is 7.03. The zero-order valence-corrected chi connectivity index (χ0v) is 18.9. The fraction of sp³-hybridized carbons (Fsp3) is 0.217. The molecule has 0 radical (unpaired) electrons. The van der Waals surface area contributed by atoms with Crippen LogP contribution < -0.4 is 5.32 Å². The van der Waals surface area contributed by atoms with Crippen molar-refractivity contribution in [1.82, 2.24) is 25.1 Å². The third-order valence-electron chi connectivity index (χ3n) is 5.39. The lowest BCUT2D eigenvalue weighted by atomic mass is 10.1. The summed E-state index contributed by atoms with van der Waals surface area (Å²) in [5, 5.41) is 7.92. The first-order chi connectivity index (χ1) is 15.8. The standard InChI is InChI=1S/C23H22FN5O3S/c1-3-20(15-5-10-22(26-11-15)33(31,32)4-2)28-23(30)19-12-25-14-21-18(19)13-27-29(21)17-8-6-16(24)7-9-17/h5-14,20H,3-4H2,1-2H3,(H,28,30)/t20-/m0/s1. The van der Waals surface area contributed by atoms with Gasteiger partial charge in [-0.1, -0.05) is 19.9 Å². The van der Waals surface area contributed by atoms with Gasteiger partial charge in [0.15, 0.2) is 14.9 Å². The molecular weight excluding hydrogens is 445 g/mol. The van der Waals surface area contributed by atoms with Crippen molar-refractivity contribution in [3.63, 3.8) is 0 Å². The van der Waals surface area contributed by atoms with E-state index in [-0.39, 0.29) is 28.5 Å². The van der Waals surface area contributed by atoms with Gasteiger partial charge in [0.25, 0.3) is 5.91 Å². The largest absolute Gasteiger partial charge is 0.345 e. The molecule has 4 aromatic rings. The zero-order chi connectivity index (χ0) is 23.6. The summed E-state index contributed by atoms with van der Waals surface area (Å²) in [4.78, 5) is 21.4. The first-order valence-electron chi connectivity index (χ1n) is 10.4. The van der Waals surface area contributed by atoms with Crippen LogP contribution in [0.1, 0.15) is 42.2 Å². The van der Waals surface area contributed by atoms with Crippen LogP contribution in [-0.4, -0.2) is 39.8 Å². The Hall–Kier alpha value is -3.66. The summed E-state index contributed by atoms with van der Waals surface area (Å²) in [5.41, 5.74) is 2.30. The van der Waals surface area contributed by atoms with Crippen molar-refractivity contribution < 1.29 is 17.6 Å². The molecule has 1 amide bonds. The number of fused-ring (bicyclic) bond motifs is 1. The molecule has 0 aliphatic heterocycles. The van der Waals surface area contributed by atoms with Gasteiger partial charge in [-0.05, 0) is 42.3 Å². The number of carbonyl (C=O) groups excluding carboxylic acids is 1. The highest BCUT2D eigenvalue weighted by Crippen LogP contribution is 2.23. The molecule has 10 heteroatoms. The first kappa shape index (κ1) is 22.5. The van der Waals surface area contributed by atoms with Crippen LogP contribution in [0.4, 0.5) is 4.39 Å². The van der Waals surface area contributed by atoms with E-state index < -0.39 is 9.84 Å². The van der Waals surface area contributed by atoms with Crippen LogP contribution in [0, 0.1) is 5.82 Å². The molecule has 170 valence electrons. The smallest absolute Gasteiger partial charge is 0.254 e. The van der Waals surface area contributed by atoms with Gasteiger partial charge in [0.05, 0.1) is 41.0 Å². The molecule has 1 N–H and O–H groups in total. The zero-order valence-electron chi connectivity index (χ0n) is 18.1. The van der Waals surface area contributed by atoms with Gasteiger partial charge in [0, 0.05) is 17.8 Å². The highest BCUT2D eigenvalue weighted by atomic mass is 32.2. The maximum Gasteiger partial charge on any atom is 0.254 e. The molecule has 4 rings (SSSR count). The van der Waals surface area contributed by atoms with Crippen LogP contribution in [0.3, 0.4) is 0 Å². The maximum atomic E-state index is 13.3. The summed E-state index contributed by atoms with van der Waals surface area (Å²) in [6, 6.07) is 8.61. The minimum Gasteiger partial charge on any atom is -0.345 e. The number of benzene rings is 1. The van der Waals surface area contributed by atoms with Gasteiger partial charge in [0.2, 0.25) is 0 Å². The molecular formula is C23H22FN5O3S. The summed E-state index contributed by atoms with van der Waals surface area (Å²) < 4.78 is 38.9. The summed E-state index contributed by atoms with van der Waals surface area (Å²) >= 11 is 0. The van der Waals surface area contributed by atoms with Gasteiger partial charge >= 0.3 is 0 Å². The lowest BCUT2D eigenvalue weighted by molar-refractivity contribution is 0.0937. The molecule has 0 saturated heterocycles. The summed E-state index contributed by atoms with van der Waals surface area (Å²) in [6.45, 7) is 3.47. The van der Waals surface area contributed by atoms with Crippen LogP contribution in [0.2, 0.25) is 0 Å². The van der Waals surface area contributed by atoms with E-state index in [1.165, 1.54) is 30.6 Å². The van der Waals surface area contributed by atoms with E-state index >= 15 is 0 Å². The summed E-state index contributed by atoms with van der Waals surface area (Å²) in [6.07, 6.45) is 6.68. The van der Waals surface area contributed by atoms with E-state index in [0.29, 0.717) is 34.1 Å². The molecule has 0 saturated carbocycles. The number of halogens is 1. The van der Waals surface area contributed by atoms with Crippen LogP contribution in [-0.2, 0) is 9.84 Å². The Labute approximate surface area is 190 Å². The number of rotatable bonds is 7. The molecule has 33 heavy (non-hydrogen) atoms. The van der Waals surface area contributed by atoms with Gasteiger partial charge in [-0.15, -0.1) is 0 Å².